The Morgan fingerprint density at radius 1 is 1.22 bits per heavy atom. The smallest absolute Gasteiger partial charge is 0.128 e. The summed E-state index contributed by atoms with van der Waals surface area (Å²) in [6.07, 6.45) is 5.89. The van der Waals surface area contributed by atoms with Gasteiger partial charge in [0.1, 0.15) is 12.1 Å². The molecule has 2 rings (SSSR count). The molecular weight excluding hydrogens is 229 g/mol. The van der Waals surface area contributed by atoms with Crippen molar-refractivity contribution in [2.45, 2.75) is 19.4 Å². The van der Waals surface area contributed by atoms with Crippen molar-refractivity contribution in [3.63, 3.8) is 0 Å². The van der Waals surface area contributed by atoms with Gasteiger partial charge in [0.25, 0.3) is 0 Å². The highest BCUT2D eigenvalue weighted by Gasteiger charge is 2.17. The van der Waals surface area contributed by atoms with Gasteiger partial charge >= 0.3 is 0 Å². The van der Waals surface area contributed by atoms with Gasteiger partial charge in [-0.25, -0.2) is 14.4 Å². The van der Waals surface area contributed by atoms with Crippen LogP contribution in [-0.4, -0.2) is 16.5 Å². The number of aromatic nitrogens is 2. The fourth-order valence-corrected chi connectivity index (χ4v) is 1.86. The lowest BCUT2D eigenvalue weighted by Gasteiger charge is -2.19. The first-order chi connectivity index (χ1) is 8.83. The highest BCUT2D eigenvalue weighted by atomic mass is 19.1. The second kappa shape index (κ2) is 6.21. The number of nitrogens with zero attached hydrogens (tertiary/aromatic N) is 2. The predicted molar refractivity (Wildman–Crippen MR) is 68.6 cm³/mol. The SMILES string of the molecule is CCCNC(c1cncnc1)c1ccccc1F. The van der Waals surface area contributed by atoms with Crippen LogP contribution in [0.5, 0.6) is 0 Å². The Morgan fingerprint density at radius 2 is 1.94 bits per heavy atom. The van der Waals surface area contributed by atoms with Crippen LogP contribution < -0.4 is 5.32 Å². The summed E-state index contributed by atoms with van der Waals surface area (Å²) in [6.45, 7) is 2.89. The van der Waals surface area contributed by atoms with Crippen molar-refractivity contribution in [1.29, 1.82) is 0 Å². The van der Waals surface area contributed by atoms with Crippen LogP contribution in [0.4, 0.5) is 4.39 Å². The van der Waals surface area contributed by atoms with Crippen LogP contribution in [0, 0.1) is 5.82 Å². The first kappa shape index (κ1) is 12.6. The van der Waals surface area contributed by atoms with Gasteiger partial charge in [0.05, 0.1) is 6.04 Å². The molecule has 0 spiro atoms. The molecule has 0 saturated heterocycles. The van der Waals surface area contributed by atoms with E-state index in [4.69, 9.17) is 0 Å². The van der Waals surface area contributed by atoms with Gasteiger partial charge in [0, 0.05) is 23.5 Å². The Morgan fingerprint density at radius 3 is 2.61 bits per heavy atom. The van der Waals surface area contributed by atoms with Gasteiger partial charge in [0.2, 0.25) is 0 Å². The van der Waals surface area contributed by atoms with E-state index < -0.39 is 0 Å². The number of nitrogens with one attached hydrogen (secondary N) is 1. The molecule has 1 heterocycles. The van der Waals surface area contributed by atoms with Crippen LogP contribution in [0.3, 0.4) is 0 Å². The van der Waals surface area contributed by atoms with E-state index in [2.05, 4.69) is 22.2 Å². The minimum Gasteiger partial charge on any atom is -0.306 e. The third-order valence-corrected chi connectivity index (χ3v) is 2.73. The molecule has 18 heavy (non-hydrogen) atoms. The molecule has 2 aromatic rings. The monoisotopic (exact) mass is 245 g/mol. The Balaban J connectivity index is 2.34. The molecule has 3 nitrogen and oxygen atoms in total. The van der Waals surface area contributed by atoms with E-state index in [1.165, 1.54) is 12.4 Å². The van der Waals surface area contributed by atoms with E-state index in [1.807, 2.05) is 6.07 Å². The molecule has 0 amide bonds. The third kappa shape index (κ3) is 2.90. The third-order valence-electron chi connectivity index (χ3n) is 2.73. The summed E-state index contributed by atoms with van der Waals surface area (Å²) in [7, 11) is 0. The van der Waals surface area contributed by atoms with Crippen molar-refractivity contribution < 1.29 is 4.39 Å². The van der Waals surface area contributed by atoms with Crippen molar-refractivity contribution in [2.24, 2.45) is 0 Å². The van der Waals surface area contributed by atoms with Crippen LogP contribution in [0.15, 0.2) is 43.0 Å². The highest BCUT2D eigenvalue weighted by molar-refractivity contribution is 5.29. The molecule has 1 atom stereocenters. The minimum absolute atomic E-state index is 0.202. The van der Waals surface area contributed by atoms with E-state index >= 15 is 0 Å². The average molecular weight is 245 g/mol. The van der Waals surface area contributed by atoms with Crippen LogP contribution in [0.25, 0.3) is 0 Å². The fraction of sp³-hybridized carbons (Fsp3) is 0.286. The molecule has 0 bridgehead atoms. The van der Waals surface area contributed by atoms with Gasteiger partial charge in [-0.2, -0.15) is 0 Å². The Labute approximate surface area is 106 Å². The van der Waals surface area contributed by atoms with Crippen molar-refractivity contribution in [1.82, 2.24) is 15.3 Å². The summed E-state index contributed by atoms with van der Waals surface area (Å²) in [5.74, 6) is -0.213. The quantitative estimate of drug-likeness (QED) is 0.880. The second-order valence-corrected chi connectivity index (χ2v) is 4.08. The normalized spacial score (nSPS) is 12.3. The summed E-state index contributed by atoms with van der Waals surface area (Å²) in [4.78, 5) is 7.99. The lowest BCUT2D eigenvalue weighted by atomic mass is 10.0. The first-order valence-electron chi connectivity index (χ1n) is 6.05. The minimum atomic E-state index is -0.213. The molecule has 0 aliphatic heterocycles. The molecule has 0 fully saturated rings. The zero-order chi connectivity index (χ0) is 12.8. The maximum Gasteiger partial charge on any atom is 0.128 e. The molecule has 0 aliphatic rings. The Bertz CT molecular complexity index is 487. The molecule has 1 unspecified atom stereocenters. The van der Waals surface area contributed by atoms with E-state index in [9.17, 15) is 4.39 Å². The largest absolute Gasteiger partial charge is 0.306 e. The summed E-state index contributed by atoms with van der Waals surface area (Å²) in [5.41, 5.74) is 1.50. The van der Waals surface area contributed by atoms with Crippen molar-refractivity contribution in [3.05, 3.63) is 59.9 Å². The van der Waals surface area contributed by atoms with Crippen molar-refractivity contribution in [2.75, 3.05) is 6.54 Å². The molecule has 0 aliphatic carbocycles. The van der Waals surface area contributed by atoms with Crippen LogP contribution in [0.2, 0.25) is 0 Å². The standard InChI is InChI=1S/C14H16FN3/c1-2-7-18-14(11-8-16-10-17-9-11)12-5-3-4-6-13(12)15/h3-6,8-10,14,18H,2,7H2,1H3. The maximum absolute atomic E-state index is 13.9. The number of hydrogen-bond donors (Lipinski definition) is 1. The van der Waals surface area contributed by atoms with Gasteiger partial charge in [-0.15, -0.1) is 0 Å². The van der Waals surface area contributed by atoms with Crippen LogP contribution >= 0.6 is 0 Å². The van der Waals surface area contributed by atoms with Gasteiger partial charge in [0.15, 0.2) is 0 Å². The van der Waals surface area contributed by atoms with Crippen molar-refractivity contribution in [3.8, 4) is 0 Å². The summed E-state index contributed by atoms with van der Waals surface area (Å²) in [5, 5.41) is 3.32. The lowest BCUT2D eigenvalue weighted by Crippen LogP contribution is -2.24. The van der Waals surface area contributed by atoms with Crippen LogP contribution in [-0.2, 0) is 0 Å². The topological polar surface area (TPSA) is 37.8 Å². The lowest BCUT2D eigenvalue weighted by molar-refractivity contribution is 0.545. The van der Waals surface area contributed by atoms with Gasteiger partial charge < -0.3 is 5.32 Å². The zero-order valence-electron chi connectivity index (χ0n) is 10.3. The van der Waals surface area contributed by atoms with Crippen LogP contribution in [0.1, 0.15) is 30.5 Å². The average Bonchev–Trinajstić information content (AvgIpc) is 2.42. The molecule has 1 N–H and O–H groups in total. The molecule has 0 radical (unpaired) electrons. The van der Waals surface area contributed by atoms with Gasteiger partial charge in [-0.05, 0) is 19.0 Å². The van der Waals surface area contributed by atoms with Gasteiger partial charge in [-0.3, -0.25) is 0 Å². The number of benzene rings is 1. The molecular formula is C14H16FN3. The number of rotatable bonds is 5. The molecule has 1 aromatic heterocycles. The Hall–Kier alpha value is -1.81. The first-order valence-corrected chi connectivity index (χ1v) is 6.05. The molecule has 0 saturated carbocycles. The predicted octanol–water partition coefficient (Wildman–Crippen LogP) is 2.70. The summed E-state index contributed by atoms with van der Waals surface area (Å²) >= 11 is 0. The highest BCUT2D eigenvalue weighted by Crippen LogP contribution is 2.23. The van der Waals surface area contributed by atoms with E-state index in [0.717, 1.165) is 18.5 Å². The maximum atomic E-state index is 13.9. The number of halogens is 1. The summed E-state index contributed by atoms with van der Waals surface area (Å²) < 4.78 is 13.9. The number of hydrogen-bond acceptors (Lipinski definition) is 3. The summed E-state index contributed by atoms with van der Waals surface area (Å²) in [6, 6.07) is 6.59. The molecule has 1 aromatic carbocycles. The second-order valence-electron chi connectivity index (χ2n) is 4.08. The van der Waals surface area contributed by atoms with Gasteiger partial charge in [-0.1, -0.05) is 25.1 Å². The van der Waals surface area contributed by atoms with E-state index in [-0.39, 0.29) is 11.9 Å². The van der Waals surface area contributed by atoms with E-state index in [1.54, 1.807) is 24.5 Å². The van der Waals surface area contributed by atoms with Crippen molar-refractivity contribution >= 4 is 0 Å². The fourth-order valence-electron chi connectivity index (χ4n) is 1.86. The Kier molecular flexibility index (Phi) is 4.36. The molecule has 94 valence electrons. The zero-order valence-corrected chi connectivity index (χ0v) is 10.3. The van der Waals surface area contributed by atoms with E-state index in [0.29, 0.717) is 5.56 Å². The molecule has 4 heteroatoms.